The van der Waals surface area contributed by atoms with Gasteiger partial charge in [0.2, 0.25) is 0 Å². The lowest BCUT2D eigenvalue weighted by molar-refractivity contribution is 0.652. The average molecular weight is 515 g/mol. The van der Waals surface area contributed by atoms with E-state index in [4.69, 9.17) is 11.5 Å². The third kappa shape index (κ3) is 2.43. The van der Waals surface area contributed by atoms with Crippen LogP contribution in [0.5, 0.6) is 0 Å². The maximum atomic E-state index is 6.47. The van der Waals surface area contributed by atoms with Crippen LogP contribution in [0.2, 0.25) is 0 Å². The zero-order valence-electron chi connectivity index (χ0n) is 23.2. The van der Waals surface area contributed by atoms with E-state index in [-0.39, 0.29) is 10.8 Å². The van der Waals surface area contributed by atoms with Gasteiger partial charge in [0, 0.05) is 27.6 Å². The van der Waals surface area contributed by atoms with Crippen molar-refractivity contribution < 1.29 is 0 Å². The first kappa shape index (κ1) is 22.3. The van der Waals surface area contributed by atoms with Crippen LogP contribution in [-0.2, 0) is 10.8 Å². The summed E-state index contributed by atoms with van der Waals surface area (Å²) < 4.78 is 0. The molecule has 7 aromatic carbocycles. The first-order valence-corrected chi connectivity index (χ1v) is 14.2. The first-order chi connectivity index (χ1) is 19.2. The molecule has 2 aliphatic rings. The van der Waals surface area contributed by atoms with E-state index in [1.807, 2.05) is 12.1 Å². The molecule has 0 saturated heterocycles. The third-order valence-corrected chi connectivity index (χ3v) is 10.3. The molecular weight excluding hydrogens is 484 g/mol. The molecule has 9 rings (SSSR count). The molecule has 2 aliphatic carbocycles. The van der Waals surface area contributed by atoms with Crippen molar-refractivity contribution in [3.8, 4) is 22.3 Å². The Morgan fingerprint density at radius 1 is 0.450 bits per heavy atom. The Hall–Kier alpha value is -4.56. The van der Waals surface area contributed by atoms with Crippen molar-refractivity contribution in [3.63, 3.8) is 0 Å². The molecule has 2 nitrogen and oxygen atoms in total. The monoisotopic (exact) mass is 514 g/mol. The fraction of sp³-hybridized carbons (Fsp3) is 0.158. The van der Waals surface area contributed by atoms with Gasteiger partial charge in [-0.1, -0.05) is 76.2 Å². The fourth-order valence-electron chi connectivity index (χ4n) is 8.17. The van der Waals surface area contributed by atoms with E-state index < -0.39 is 0 Å². The molecule has 0 radical (unpaired) electrons. The van der Waals surface area contributed by atoms with Gasteiger partial charge in [-0.3, -0.25) is 0 Å². The highest BCUT2D eigenvalue weighted by Gasteiger charge is 2.43. The predicted molar refractivity (Wildman–Crippen MR) is 172 cm³/mol. The molecule has 0 unspecified atom stereocenters. The Bertz CT molecular complexity index is 2280. The second kappa shape index (κ2) is 6.77. The summed E-state index contributed by atoms with van der Waals surface area (Å²) in [5.74, 6) is 0. The van der Waals surface area contributed by atoms with Gasteiger partial charge in [-0.05, 0) is 119 Å². The Balaban J connectivity index is 1.42. The fourth-order valence-corrected chi connectivity index (χ4v) is 8.17. The predicted octanol–water partition coefficient (Wildman–Crippen LogP) is 9.51. The molecule has 7 aromatic rings. The van der Waals surface area contributed by atoms with E-state index in [1.165, 1.54) is 82.2 Å². The van der Waals surface area contributed by atoms with Crippen LogP contribution in [0.3, 0.4) is 0 Å². The molecule has 0 fully saturated rings. The van der Waals surface area contributed by atoms with Crippen LogP contribution in [0.1, 0.15) is 49.9 Å². The van der Waals surface area contributed by atoms with Crippen LogP contribution in [0.15, 0.2) is 84.9 Å². The SMILES string of the molecule is CC1(C)c2cc3c(cc2-c2c1ccc1ccc(N)cc21)C(C)(C)c1cc2ccc4c(N)ccc5ccc(c1-3)c2c54. The van der Waals surface area contributed by atoms with Crippen LogP contribution in [-0.4, -0.2) is 0 Å². The molecule has 0 aliphatic heterocycles. The molecule has 2 heteroatoms. The molecule has 0 aromatic heterocycles. The second-order valence-electron chi connectivity index (χ2n) is 13.0. The van der Waals surface area contributed by atoms with Gasteiger partial charge in [0.1, 0.15) is 0 Å². The van der Waals surface area contributed by atoms with Gasteiger partial charge in [-0.25, -0.2) is 0 Å². The smallest absolute Gasteiger partial charge is 0.0394 e. The average Bonchev–Trinajstić information content (AvgIpc) is 3.30. The van der Waals surface area contributed by atoms with Crippen molar-refractivity contribution in [1.29, 1.82) is 0 Å². The van der Waals surface area contributed by atoms with Gasteiger partial charge in [0.15, 0.2) is 0 Å². The lowest BCUT2D eigenvalue weighted by Gasteiger charge is -2.24. The minimum Gasteiger partial charge on any atom is -0.399 e. The summed E-state index contributed by atoms with van der Waals surface area (Å²) in [6, 6.07) is 31.6. The molecule has 0 saturated carbocycles. The Kier molecular flexibility index (Phi) is 3.77. The molecule has 40 heavy (non-hydrogen) atoms. The lowest BCUT2D eigenvalue weighted by atomic mass is 9.79. The summed E-state index contributed by atoms with van der Waals surface area (Å²) in [6.07, 6.45) is 0. The highest BCUT2D eigenvalue weighted by molar-refractivity contribution is 6.28. The lowest BCUT2D eigenvalue weighted by Crippen LogP contribution is -2.17. The van der Waals surface area contributed by atoms with Gasteiger partial charge in [0.25, 0.3) is 0 Å². The van der Waals surface area contributed by atoms with Crippen molar-refractivity contribution in [1.82, 2.24) is 0 Å². The van der Waals surface area contributed by atoms with Gasteiger partial charge >= 0.3 is 0 Å². The van der Waals surface area contributed by atoms with Crippen LogP contribution < -0.4 is 11.5 Å². The van der Waals surface area contributed by atoms with E-state index in [1.54, 1.807) is 0 Å². The molecule has 0 heterocycles. The number of hydrogen-bond donors (Lipinski definition) is 2. The number of anilines is 2. The highest BCUT2D eigenvalue weighted by atomic mass is 14.6. The van der Waals surface area contributed by atoms with Gasteiger partial charge in [0.05, 0.1) is 0 Å². The number of fused-ring (bicyclic) bond motifs is 9. The normalized spacial score (nSPS) is 16.1. The minimum absolute atomic E-state index is 0.108. The molecule has 0 atom stereocenters. The van der Waals surface area contributed by atoms with Gasteiger partial charge in [-0.15, -0.1) is 0 Å². The van der Waals surface area contributed by atoms with E-state index in [2.05, 4.69) is 100 Å². The van der Waals surface area contributed by atoms with Crippen LogP contribution in [0.25, 0.3) is 65.3 Å². The van der Waals surface area contributed by atoms with E-state index >= 15 is 0 Å². The van der Waals surface area contributed by atoms with Crippen molar-refractivity contribution >= 4 is 54.5 Å². The molecule has 192 valence electrons. The van der Waals surface area contributed by atoms with Crippen LogP contribution in [0.4, 0.5) is 11.4 Å². The van der Waals surface area contributed by atoms with E-state index in [9.17, 15) is 0 Å². The van der Waals surface area contributed by atoms with Crippen molar-refractivity contribution in [2.75, 3.05) is 11.5 Å². The summed E-state index contributed by atoms with van der Waals surface area (Å²) in [4.78, 5) is 0. The maximum absolute atomic E-state index is 6.47. The van der Waals surface area contributed by atoms with Crippen molar-refractivity contribution in [2.24, 2.45) is 0 Å². The topological polar surface area (TPSA) is 52.0 Å². The van der Waals surface area contributed by atoms with Crippen molar-refractivity contribution in [3.05, 3.63) is 107 Å². The molecular formula is C38H30N2. The third-order valence-electron chi connectivity index (χ3n) is 10.3. The quantitative estimate of drug-likeness (QED) is 0.156. The Labute approximate surface area is 233 Å². The number of nitrogen functional groups attached to an aromatic ring is 2. The largest absolute Gasteiger partial charge is 0.399 e. The van der Waals surface area contributed by atoms with Crippen molar-refractivity contribution in [2.45, 2.75) is 38.5 Å². The summed E-state index contributed by atoms with van der Waals surface area (Å²) in [7, 11) is 0. The maximum Gasteiger partial charge on any atom is 0.0394 e. The number of benzene rings is 7. The molecule has 0 bridgehead atoms. The Morgan fingerprint density at radius 3 is 1.80 bits per heavy atom. The minimum atomic E-state index is -0.125. The van der Waals surface area contributed by atoms with Gasteiger partial charge < -0.3 is 11.5 Å². The van der Waals surface area contributed by atoms with E-state index in [0.29, 0.717) is 0 Å². The second-order valence-corrected chi connectivity index (χ2v) is 13.0. The number of hydrogen-bond acceptors (Lipinski definition) is 2. The standard InChI is InChI=1S/C38H30N2/c1-37(2)28-13-8-19-5-10-22(39)16-25(19)36(28)27-18-30-26(17-29(27)37)35-24-12-6-20-9-14-32(40)23-11-7-21(34(24)33(20)23)15-31(35)38(30,3)4/h5-18H,39-40H2,1-4H3. The summed E-state index contributed by atoms with van der Waals surface area (Å²) >= 11 is 0. The molecule has 0 amide bonds. The molecule has 4 N–H and O–H groups in total. The Morgan fingerprint density at radius 2 is 1.02 bits per heavy atom. The number of rotatable bonds is 0. The summed E-state index contributed by atoms with van der Waals surface area (Å²) in [5.41, 5.74) is 25.2. The molecule has 0 spiro atoms. The zero-order valence-corrected chi connectivity index (χ0v) is 23.2. The summed E-state index contributed by atoms with van der Waals surface area (Å²) in [6.45, 7) is 9.52. The van der Waals surface area contributed by atoms with Crippen LogP contribution >= 0.6 is 0 Å². The summed E-state index contributed by atoms with van der Waals surface area (Å²) in [5, 5.41) is 10.1. The number of nitrogens with two attached hydrogens (primary N) is 2. The zero-order chi connectivity index (χ0) is 27.3. The van der Waals surface area contributed by atoms with E-state index in [0.717, 1.165) is 16.8 Å². The van der Waals surface area contributed by atoms with Crippen LogP contribution in [0, 0.1) is 0 Å². The highest BCUT2D eigenvalue weighted by Crippen LogP contribution is 2.59. The van der Waals surface area contributed by atoms with Gasteiger partial charge in [-0.2, -0.15) is 0 Å². The first-order valence-electron chi connectivity index (χ1n) is 14.2.